The highest BCUT2D eigenvalue weighted by Crippen LogP contribution is 2.42. The summed E-state index contributed by atoms with van der Waals surface area (Å²) in [7, 11) is 0. The van der Waals surface area contributed by atoms with Crippen molar-refractivity contribution < 1.29 is 18.6 Å². The molecule has 166 valence electrons. The molecule has 0 aliphatic carbocycles. The van der Waals surface area contributed by atoms with Gasteiger partial charge in [-0.05, 0) is 42.0 Å². The van der Waals surface area contributed by atoms with Gasteiger partial charge in [-0.25, -0.2) is 13.5 Å². The van der Waals surface area contributed by atoms with Gasteiger partial charge in [0.05, 0.1) is 27.4 Å². The van der Waals surface area contributed by atoms with Crippen LogP contribution in [0.2, 0.25) is 15.1 Å². The van der Waals surface area contributed by atoms with Gasteiger partial charge >= 0.3 is 0 Å². The molecule has 0 saturated heterocycles. The molecule has 4 nitrogen and oxygen atoms in total. The third-order valence-corrected chi connectivity index (χ3v) is 5.94. The molecule has 0 amide bonds. The number of ether oxygens (including phenoxy) is 1. The minimum Gasteiger partial charge on any atom is -0.487 e. The monoisotopic (exact) mass is 496 g/mol. The van der Waals surface area contributed by atoms with E-state index in [9.17, 15) is 13.9 Å². The van der Waals surface area contributed by atoms with Crippen molar-refractivity contribution in [2.24, 2.45) is 0 Å². The number of aromatic nitrogens is 2. The second kappa shape index (κ2) is 8.52. The maximum absolute atomic E-state index is 14.7. The molecule has 32 heavy (non-hydrogen) atoms. The van der Waals surface area contributed by atoms with Gasteiger partial charge in [0.15, 0.2) is 11.4 Å². The van der Waals surface area contributed by atoms with Crippen molar-refractivity contribution in [2.75, 3.05) is 6.61 Å². The highest BCUT2D eigenvalue weighted by atomic mass is 35.5. The average Bonchev–Trinajstić information content (AvgIpc) is 3.16. The van der Waals surface area contributed by atoms with Crippen LogP contribution in [0, 0.1) is 0 Å². The number of hydrogen-bond donors (Lipinski definition) is 1. The molecule has 0 fully saturated rings. The predicted molar refractivity (Wildman–Crippen MR) is 123 cm³/mol. The Morgan fingerprint density at radius 1 is 1.00 bits per heavy atom. The van der Waals surface area contributed by atoms with Crippen LogP contribution in [0.4, 0.5) is 8.78 Å². The minimum absolute atomic E-state index is 0.0358. The quantitative estimate of drug-likeness (QED) is 0.315. The smallest absolute Gasteiger partial charge is 0.281 e. The van der Waals surface area contributed by atoms with Crippen LogP contribution in [0.15, 0.2) is 66.9 Å². The van der Waals surface area contributed by atoms with Crippen molar-refractivity contribution in [1.29, 1.82) is 0 Å². The van der Waals surface area contributed by atoms with Crippen LogP contribution in [0.1, 0.15) is 12.5 Å². The first-order chi connectivity index (χ1) is 15.1. The summed E-state index contributed by atoms with van der Waals surface area (Å²) in [6.45, 7) is -0.172. The molecule has 4 aromatic rings. The van der Waals surface area contributed by atoms with Crippen LogP contribution in [0.25, 0.3) is 16.6 Å². The van der Waals surface area contributed by atoms with E-state index in [1.165, 1.54) is 24.3 Å². The van der Waals surface area contributed by atoms with Crippen LogP contribution >= 0.6 is 34.8 Å². The van der Waals surface area contributed by atoms with E-state index in [-0.39, 0.29) is 26.4 Å². The number of rotatable bonds is 6. The van der Waals surface area contributed by atoms with Crippen LogP contribution in [-0.4, -0.2) is 27.4 Å². The standard InChI is InChI=1S/C23H17Cl3F2N2O2/c1-22(27,28)23(31,13-32-21-18(25)10-16(24)11-19(21)26)15-7-8-20-14(9-15)12-29-30(20)17-5-3-2-4-6-17/h2-12,31H,13H2,1H3. The molecule has 1 atom stereocenters. The Hall–Kier alpha value is -2.38. The van der Waals surface area contributed by atoms with E-state index in [1.54, 1.807) is 16.9 Å². The average molecular weight is 498 g/mol. The molecular formula is C23H17Cl3F2N2O2. The zero-order valence-corrected chi connectivity index (χ0v) is 19.0. The van der Waals surface area contributed by atoms with Gasteiger partial charge in [0.1, 0.15) is 6.61 Å². The van der Waals surface area contributed by atoms with Gasteiger partial charge in [-0.3, -0.25) is 0 Å². The Kier molecular flexibility index (Phi) is 6.07. The first-order valence-corrected chi connectivity index (χ1v) is 10.6. The fourth-order valence-corrected chi connectivity index (χ4v) is 4.30. The molecule has 1 unspecified atom stereocenters. The first-order valence-electron chi connectivity index (χ1n) is 9.51. The van der Waals surface area contributed by atoms with E-state index in [0.717, 1.165) is 5.69 Å². The molecule has 0 aliphatic rings. The largest absolute Gasteiger partial charge is 0.487 e. The summed E-state index contributed by atoms with van der Waals surface area (Å²) in [6.07, 6.45) is 1.55. The summed E-state index contributed by atoms with van der Waals surface area (Å²) in [6, 6.07) is 16.7. The highest BCUT2D eigenvalue weighted by molar-refractivity contribution is 6.40. The highest BCUT2D eigenvalue weighted by Gasteiger charge is 2.51. The number of hydrogen-bond acceptors (Lipinski definition) is 3. The van der Waals surface area contributed by atoms with Crippen LogP contribution in [0.5, 0.6) is 5.75 Å². The number of alkyl halides is 2. The third kappa shape index (κ3) is 4.16. The zero-order chi connectivity index (χ0) is 23.1. The van der Waals surface area contributed by atoms with Crippen LogP contribution < -0.4 is 4.74 Å². The topological polar surface area (TPSA) is 47.3 Å². The number of fused-ring (bicyclic) bond motifs is 1. The van der Waals surface area contributed by atoms with E-state index < -0.39 is 18.1 Å². The summed E-state index contributed by atoms with van der Waals surface area (Å²) in [5.74, 6) is -3.60. The maximum atomic E-state index is 14.7. The molecule has 0 saturated carbocycles. The van der Waals surface area contributed by atoms with Gasteiger partial charge in [-0.1, -0.05) is 59.1 Å². The first kappa shape index (κ1) is 22.8. The number of aliphatic hydroxyl groups is 1. The minimum atomic E-state index is -3.55. The zero-order valence-electron chi connectivity index (χ0n) is 16.7. The number of para-hydroxylation sites is 1. The summed E-state index contributed by atoms with van der Waals surface area (Å²) >= 11 is 18.1. The lowest BCUT2D eigenvalue weighted by Crippen LogP contribution is -2.48. The summed E-state index contributed by atoms with van der Waals surface area (Å²) in [5.41, 5.74) is -1.18. The van der Waals surface area contributed by atoms with E-state index >= 15 is 0 Å². The Balaban J connectivity index is 1.72. The summed E-state index contributed by atoms with van der Waals surface area (Å²) in [5, 5.41) is 16.4. The lowest BCUT2D eigenvalue weighted by atomic mass is 9.88. The van der Waals surface area contributed by atoms with Gasteiger partial charge in [0.25, 0.3) is 5.92 Å². The number of nitrogens with zero attached hydrogens (tertiary/aromatic N) is 2. The van der Waals surface area contributed by atoms with E-state index in [2.05, 4.69) is 5.10 Å². The molecule has 0 aliphatic heterocycles. The van der Waals surface area contributed by atoms with Crippen LogP contribution in [0.3, 0.4) is 0 Å². The van der Waals surface area contributed by atoms with Gasteiger partial charge in [0, 0.05) is 17.3 Å². The summed E-state index contributed by atoms with van der Waals surface area (Å²) in [4.78, 5) is 0. The number of halogens is 5. The molecule has 0 radical (unpaired) electrons. The fourth-order valence-electron chi connectivity index (χ4n) is 3.37. The van der Waals surface area contributed by atoms with E-state index in [0.29, 0.717) is 17.8 Å². The molecule has 0 spiro atoms. The lowest BCUT2D eigenvalue weighted by Gasteiger charge is -2.34. The molecule has 4 rings (SSSR count). The Morgan fingerprint density at radius 2 is 1.66 bits per heavy atom. The van der Waals surface area contributed by atoms with Gasteiger partial charge in [-0.2, -0.15) is 5.10 Å². The second-order valence-corrected chi connectivity index (χ2v) is 8.65. The normalized spacial score (nSPS) is 13.8. The Bertz CT molecular complexity index is 1250. The Labute approximate surface area is 197 Å². The van der Waals surface area contributed by atoms with Gasteiger partial charge in [0.2, 0.25) is 0 Å². The predicted octanol–water partition coefficient (Wildman–Crippen LogP) is 6.91. The molecule has 0 bridgehead atoms. The fraction of sp³-hybridized carbons (Fsp3) is 0.174. The van der Waals surface area contributed by atoms with Crippen molar-refractivity contribution in [3.63, 3.8) is 0 Å². The van der Waals surface area contributed by atoms with Crippen LogP contribution in [-0.2, 0) is 5.60 Å². The second-order valence-electron chi connectivity index (χ2n) is 7.40. The van der Waals surface area contributed by atoms with E-state index in [4.69, 9.17) is 39.5 Å². The molecule has 1 N–H and O–H groups in total. The van der Waals surface area contributed by atoms with Crippen molar-refractivity contribution in [2.45, 2.75) is 18.4 Å². The maximum Gasteiger partial charge on any atom is 0.281 e. The SMILES string of the molecule is CC(F)(F)C(O)(COc1c(Cl)cc(Cl)cc1Cl)c1ccc2c(cnn2-c2ccccc2)c1. The van der Waals surface area contributed by atoms with Gasteiger partial charge < -0.3 is 9.84 Å². The molecule has 3 aromatic carbocycles. The van der Waals surface area contributed by atoms with E-state index in [1.807, 2.05) is 30.3 Å². The molecule has 9 heteroatoms. The van der Waals surface area contributed by atoms with Crippen molar-refractivity contribution >= 4 is 45.7 Å². The number of benzene rings is 3. The third-order valence-electron chi connectivity index (χ3n) is 5.16. The molecule has 1 heterocycles. The lowest BCUT2D eigenvalue weighted by molar-refractivity contribution is -0.190. The Morgan fingerprint density at radius 3 is 2.28 bits per heavy atom. The molecular weight excluding hydrogens is 481 g/mol. The summed E-state index contributed by atoms with van der Waals surface area (Å²) < 4.78 is 36.5. The molecule has 1 aromatic heterocycles. The van der Waals surface area contributed by atoms with Gasteiger partial charge in [-0.15, -0.1) is 0 Å². The van der Waals surface area contributed by atoms with Crippen molar-refractivity contribution in [1.82, 2.24) is 9.78 Å². The van der Waals surface area contributed by atoms with Crippen molar-refractivity contribution in [3.8, 4) is 11.4 Å². The van der Waals surface area contributed by atoms with Crippen molar-refractivity contribution in [3.05, 3.63) is 87.5 Å².